The molecule has 0 saturated carbocycles. The van der Waals surface area contributed by atoms with Gasteiger partial charge in [-0.3, -0.25) is 14.4 Å². The number of amides is 2. The van der Waals surface area contributed by atoms with E-state index in [0.29, 0.717) is 0 Å². The van der Waals surface area contributed by atoms with Gasteiger partial charge in [-0.1, -0.05) is 6.07 Å². The van der Waals surface area contributed by atoms with Crippen molar-refractivity contribution in [3.8, 4) is 11.5 Å². The molecule has 1 aliphatic rings. The molecule has 1 aliphatic heterocycles. The molecule has 1 aromatic heterocycles. The summed E-state index contributed by atoms with van der Waals surface area (Å²) in [5.41, 5.74) is -0.922. The van der Waals surface area contributed by atoms with E-state index < -0.39 is 60.2 Å². The number of hydrogen-bond acceptors (Lipinski definition) is 5. The summed E-state index contributed by atoms with van der Waals surface area (Å²) in [7, 11) is 1.33. The zero-order valence-electron chi connectivity index (χ0n) is 21.5. The first-order chi connectivity index (χ1) is 19.3. The minimum Gasteiger partial charge on any atom is -0.497 e. The third kappa shape index (κ3) is 6.47. The SMILES string of the molecule is COc1ccc([C@@H]2CN(c3c(C)ccn(CC(F)F)c3=O)C(=O)[C@H]2NC(=O)c2ccc(OC(F)(F)F)cc2)c(F)c1. The number of ether oxygens (including phenoxy) is 2. The van der Waals surface area contributed by atoms with Crippen molar-refractivity contribution in [3.63, 3.8) is 0 Å². The number of methoxy groups -OCH3 is 1. The van der Waals surface area contributed by atoms with Crippen molar-refractivity contribution in [3.05, 3.63) is 87.6 Å². The summed E-state index contributed by atoms with van der Waals surface area (Å²) in [5, 5.41) is 2.48. The lowest BCUT2D eigenvalue weighted by Crippen LogP contribution is -2.44. The Labute approximate surface area is 229 Å². The molecule has 41 heavy (non-hydrogen) atoms. The highest BCUT2D eigenvalue weighted by Crippen LogP contribution is 2.35. The van der Waals surface area contributed by atoms with Crippen LogP contribution in [0.5, 0.6) is 11.5 Å². The van der Waals surface area contributed by atoms with E-state index in [0.717, 1.165) is 39.8 Å². The molecule has 1 saturated heterocycles. The predicted octanol–water partition coefficient (Wildman–Crippen LogP) is 4.40. The minimum absolute atomic E-state index is 0.00219. The smallest absolute Gasteiger partial charge is 0.497 e. The molecule has 2 heterocycles. The summed E-state index contributed by atoms with van der Waals surface area (Å²) in [4.78, 5) is 40.8. The lowest BCUT2D eigenvalue weighted by molar-refractivity contribution is -0.274. The number of carbonyl (C=O) groups excluding carboxylic acids is 2. The van der Waals surface area contributed by atoms with Crippen molar-refractivity contribution in [1.82, 2.24) is 9.88 Å². The van der Waals surface area contributed by atoms with E-state index >= 15 is 4.39 Å². The first-order valence-electron chi connectivity index (χ1n) is 12.1. The Morgan fingerprint density at radius 3 is 2.32 bits per heavy atom. The molecule has 0 radical (unpaired) electrons. The van der Waals surface area contributed by atoms with Gasteiger partial charge in [0, 0.05) is 30.3 Å². The average molecular weight is 583 g/mol. The largest absolute Gasteiger partial charge is 0.573 e. The Bertz CT molecular complexity index is 1510. The second kappa shape index (κ2) is 11.6. The van der Waals surface area contributed by atoms with E-state index in [9.17, 15) is 36.3 Å². The van der Waals surface area contributed by atoms with E-state index in [4.69, 9.17) is 4.74 Å². The number of carbonyl (C=O) groups is 2. The first kappa shape index (κ1) is 29.5. The second-order valence-electron chi connectivity index (χ2n) is 9.16. The molecular formula is C27H23F6N3O5. The Hall–Kier alpha value is -4.49. The van der Waals surface area contributed by atoms with Crippen LogP contribution in [0.2, 0.25) is 0 Å². The van der Waals surface area contributed by atoms with Crippen LogP contribution in [-0.4, -0.2) is 48.9 Å². The third-order valence-electron chi connectivity index (χ3n) is 6.50. The average Bonchev–Trinajstić information content (AvgIpc) is 3.20. The maximum Gasteiger partial charge on any atom is 0.573 e. The molecule has 3 aromatic rings. The predicted molar refractivity (Wildman–Crippen MR) is 134 cm³/mol. The number of aryl methyl sites for hydroxylation is 1. The minimum atomic E-state index is -4.94. The van der Waals surface area contributed by atoms with Gasteiger partial charge in [-0.25, -0.2) is 13.2 Å². The molecule has 0 spiro atoms. The van der Waals surface area contributed by atoms with Crippen LogP contribution in [0.4, 0.5) is 32.0 Å². The number of nitrogens with zero attached hydrogens (tertiary/aromatic N) is 2. The lowest BCUT2D eigenvalue weighted by atomic mass is 9.93. The highest BCUT2D eigenvalue weighted by Gasteiger charge is 2.45. The van der Waals surface area contributed by atoms with E-state index in [1.807, 2.05) is 0 Å². The Balaban J connectivity index is 1.71. The van der Waals surface area contributed by atoms with Gasteiger partial charge in [0.1, 0.15) is 29.0 Å². The lowest BCUT2D eigenvalue weighted by Gasteiger charge is -2.20. The summed E-state index contributed by atoms with van der Waals surface area (Å²) in [6.45, 7) is 0.287. The first-order valence-corrected chi connectivity index (χ1v) is 12.1. The molecule has 0 bridgehead atoms. The van der Waals surface area contributed by atoms with Crippen LogP contribution in [0.25, 0.3) is 0 Å². The van der Waals surface area contributed by atoms with Gasteiger partial charge in [0.15, 0.2) is 0 Å². The highest BCUT2D eigenvalue weighted by atomic mass is 19.4. The molecule has 0 aliphatic carbocycles. The fourth-order valence-corrected chi connectivity index (χ4v) is 4.62. The molecule has 8 nitrogen and oxygen atoms in total. The Kier molecular flexibility index (Phi) is 8.31. The zero-order chi connectivity index (χ0) is 30.1. The summed E-state index contributed by atoms with van der Waals surface area (Å²) < 4.78 is 88.2. The van der Waals surface area contributed by atoms with E-state index in [2.05, 4.69) is 10.1 Å². The number of hydrogen-bond donors (Lipinski definition) is 1. The summed E-state index contributed by atoms with van der Waals surface area (Å²) in [5.74, 6) is -3.89. The number of halogens is 6. The summed E-state index contributed by atoms with van der Waals surface area (Å²) in [6.07, 6.45) is -6.62. The second-order valence-corrected chi connectivity index (χ2v) is 9.16. The van der Waals surface area contributed by atoms with E-state index in [-0.39, 0.29) is 34.7 Å². The molecule has 218 valence electrons. The van der Waals surface area contributed by atoms with Gasteiger partial charge in [-0.2, -0.15) is 0 Å². The van der Waals surface area contributed by atoms with Crippen molar-refractivity contribution in [1.29, 1.82) is 0 Å². The van der Waals surface area contributed by atoms with Gasteiger partial charge >= 0.3 is 6.36 Å². The van der Waals surface area contributed by atoms with Crippen LogP contribution in [0.1, 0.15) is 27.4 Å². The standard InChI is InChI=1S/C27H23F6N3O5/c1-14-9-10-35(13-21(29)30)26(39)23(14)36-12-19(18-8-7-17(40-2)11-20(18)28)22(25(36)38)34-24(37)15-3-5-16(6-4-15)41-27(31,32)33/h3-11,19,21-22H,12-13H2,1-2H3,(H,34,37)/t19-,22-/m0/s1. The highest BCUT2D eigenvalue weighted by molar-refractivity contribution is 6.05. The van der Waals surface area contributed by atoms with Gasteiger partial charge in [0.2, 0.25) is 5.91 Å². The normalized spacial score (nSPS) is 17.2. The fraction of sp³-hybridized carbons (Fsp3) is 0.296. The van der Waals surface area contributed by atoms with Gasteiger partial charge in [0.25, 0.3) is 17.9 Å². The van der Waals surface area contributed by atoms with Crippen LogP contribution in [0.3, 0.4) is 0 Å². The van der Waals surface area contributed by atoms with Crippen LogP contribution in [0.15, 0.2) is 59.5 Å². The van der Waals surface area contributed by atoms with Crippen LogP contribution < -0.4 is 25.2 Å². The van der Waals surface area contributed by atoms with E-state index in [1.54, 1.807) is 0 Å². The molecule has 1 N–H and O–H groups in total. The van der Waals surface area contributed by atoms with Crippen molar-refractivity contribution in [2.75, 3.05) is 18.6 Å². The van der Waals surface area contributed by atoms with E-state index in [1.165, 1.54) is 38.4 Å². The summed E-state index contributed by atoms with van der Waals surface area (Å²) >= 11 is 0. The van der Waals surface area contributed by atoms with Gasteiger partial charge in [0.05, 0.1) is 13.7 Å². The third-order valence-corrected chi connectivity index (χ3v) is 6.50. The molecule has 4 rings (SSSR count). The van der Waals surface area contributed by atoms with Crippen molar-refractivity contribution < 1.29 is 45.4 Å². The number of nitrogens with one attached hydrogen (secondary N) is 1. The molecular weight excluding hydrogens is 560 g/mol. The quantitative estimate of drug-likeness (QED) is 0.398. The van der Waals surface area contributed by atoms with Crippen LogP contribution in [0, 0.1) is 12.7 Å². The number of benzene rings is 2. The summed E-state index contributed by atoms with van der Waals surface area (Å²) in [6, 6.07) is 7.71. The zero-order valence-corrected chi connectivity index (χ0v) is 21.5. The molecule has 14 heteroatoms. The number of rotatable bonds is 8. The van der Waals surface area contributed by atoms with Crippen molar-refractivity contribution in [2.24, 2.45) is 0 Å². The number of pyridine rings is 1. The van der Waals surface area contributed by atoms with Crippen molar-refractivity contribution >= 4 is 17.5 Å². The maximum atomic E-state index is 15.1. The number of alkyl halides is 5. The molecule has 1 fully saturated rings. The monoisotopic (exact) mass is 583 g/mol. The number of anilines is 1. The van der Waals surface area contributed by atoms with Crippen LogP contribution in [-0.2, 0) is 11.3 Å². The Morgan fingerprint density at radius 2 is 1.73 bits per heavy atom. The fourth-order valence-electron chi connectivity index (χ4n) is 4.62. The molecule has 2 amide bonds. The molecule has 2 aromatic carbocycles. The number of aromatic nitrogens is 1. The maximum absolute atomic E-state index is 15.1. The Morgan fingerprint density at radius 1 is 1.07 bits per heavy atom. The van der Waals surface area contributed by atoms with Crippen molar-refractivity contribution in [2.45, 2.75) is 38.2 Å². The van der Waals surface area contributed by atoms with Gasteiger partial charge in [-0.05, 0) is 54.4 Å². The van der Waals surface area contributed by atoms with Crippen LogP contribution >= 0.6 is 0 Å². The van der Waals surface area contributed by atoms with Gasteiger partial charge < -0.3 is 24.3 Å². The van der Waals surface area contributed by atoms with Gasteiger partial charge in [-0.15, -0.1) is 13.2 Å². The molecule has 0 unspecified atom stereocenters. The topological polar surface area (TPSA) is 89.9 Å². The molecule has 2 atom stereocenters.